The number of furan rings is 1. The van der Waals surface area contributed by atoms with Crippen LogP contribution in [0.1, 0.15) is 0 Å². The van der Waals surface area contributed by atoms with Crippen LogP contribution >= 0.6 is 22.7 Å². The molecule has 3 heteroatoms. The van der Waals surface area contributed by atoms with E-state index in [1.807, 2.05) is 22.7 Å². The van der Waals surface area contributed by atoms with Crippen molar-refractivity contribution in [1.29, 1.82) is 0 Å². The predicted octanol–water partition coefficient (Wildman–Crippen LogP) is 16.8. The van der Waals surface area contributed by atoms with Gasteiger partial charge in [0.25, 0.3) is 0 Å². The first-order valence-electron chi connectivity index (χ1n) is 19.4. The highest BCUT2D eigenvalue weighted by atomic mass is 32.1. The molecular formula is C54H30OS2. The number of benzene rings is 10. The molecule has 0 spiro atoms. The molecule has 0 saturated carbocycles. The second-order valence-corrected chi connectivity index (χ2v) is 17.3. The van der Waals surface area contributed by atoms with Crippen LogP contribution in [0.15, 0.2) is 186 Å². The van der Waals surface area contributed by atoms with Gasteiger partial charge in [-0.05, 0) is 109 Å². The van der Waals surface area contributed by atoms with Crippen LogP contribution in [0.5, 0.6) is 0 Å². The number of fused-ring (bicyclic) bond motifs is 13. The van der Waals surface area contributed by atoms with Crippen molar-refractivity contribution in [3.05, 3.63) is 182 Å². The van der Waals surface area contributed by atoms with Crippen molar-refractivity contribution in [2.24, 2.45) is 0 Å². The third kappa shape index (κ3) is 4.56. The number of rotatable bonds is 3. The standard InChI is InChI=1S/C54H30OS2/c1-3-13-39-37(11-1)51(38-12-2-4-14-40(38)52(39)43-16-9-19-49-53(43)42-15-6-8-18-48(42)56-49)32-22-20-31(21-23-32)33-24-26-35-34(28-33)25-27-41-44-29-45-36-10-5-7-17-47(36)57-50(45)30-46(44)55-54(35)41/h1-30H. The van der Waals surface area contributed by atoms with Gasteiger partial charge in [-0.1, -0.05) is 133 Å². The van der Waals surface area contributed by atoms with Crippen LogP contribution < -0.4 is 0 Å². The van der Waals surface area contributed by atoms with Gasteiger partial charge < -0.3 is 4.42 Å². The molecule has 0 bridgehead atoms. The van der Waals surface area contributed by atoms with E-state index in [4.69, 9.17) is 4.42 Å². The van der Waals surface area contributed by atoms with Gasteiger partial charge in [-0.2, -0.15) is 0 Å². The fourth-order valence-corrected chi connectivity index (χ4v) is 11.8. The molecule has 3 heterocycles. The summed E-state index contributed by atoms with van der Waals surface area (Å²) in [6.07, 6.45) is 0. The Labute approximate surface area is 335 Å². The molecule has 57 heavy (non-hydrogen) atoms. The normalized spacial score (nSPS) is 12.2. The van der Waals surface area contributed by atoms with E-state index in [2.05, 4.69) is 182 Å². The maximum Gasteiger partial charge on any atom is 0.143 e. The summed E-state index contributed by atoms with van der Waals surface area (Å²) in [6.45, 7) is 0. The van der Waals surface area contributed by atoms with E-state index in [0.717, 1.165) is 21.9 Å². The minimum Gasteiger partial charge on any atom is -0.455 e. The first kappa shape index (κ1) is 31.4. The van der Waals surface area contributed by atoms with Crippen LogP contribution in [0, 0.1) is 0 Å². The van der Waals surface area contributed by atoms with Crippen LogP contribution in [0.3, 0.4) is 0 Å². The zero-order valence-corrected chi connectivity index (χ0v) is 32.2. The summed E-state index contributed by atoms with van der Waals surface area (Å²) in [5, 5.41) is 15.0. The molecule has 264 valence electrons. The van der Waals surface area contributed by atoms with Crippen LogP contribution in [0.2, 0.25) is 0 Å². The number of thiophene rings is 2. The van der Waals surface area contributed by atoms with Gasteiger partial charge in [-0.3, -0.25) is 0 Å². The largest absolute Gasteiger partial charge is 0.455 e. The quantitative estimate of drug-likeness (QED) is 0.164. The highest BCUT2D eigenvalue weighted by molar-refractivity contribution is 7.26. The maximum absolute atomic E-state index is 6.63. The monoisotopic (exact) mass is 758 g/mol. The second-order valence-electron chi connectivity index (χ2n) is 15.1. The van der Waals surface area contributed by atoms with E-state index in [1.165, 1.54) is 106 Å². The summed E-state index contributed by atoms with van der Waals surface area (Å²) in [5.74, 6) is 0. The topological polar surface area (TPSA) is 13.1 Å². The van der Waals surface area contributed by atoms with Gasteiger partial charge in [0.05, 0.1) is 0 Å². The lowest BCUT2D eigenvalue weighted by Crippen LogP contribution is -1.91. The van der Waals surface area contributed by atoms with Gasteiger partial charge in [0.2, 0.25) is 0 Å². The average molecular weight is 759 g/mol. The molecule has 13 aromatic rings. The second kappa shape index (κ2) is 11.9. The third-order valence-electron chi connectivity index (χ3n) is 12.1. The minimum absolute atomic E-state index is 0.946. The molecule has 0 aliphatic heterocycles. The van der Waals surface area contributed by atoms with Crippen LogP contribution in [0.25, 0.3) is 128 Å². The first-order chi connectivity index (χ1) is 28.2. The molecule has 3 aromatic heterocycles. The molecule has 13 rings (SSSR count). The van der Waals surface area contributed by atoms with Gasteiger partial charge in [-0.15, -0.1) is 22.7 Å². The Hall–Kier alpha value is -6.78. The zero-order chi connectivity index (χ0) is 37.2. The lowest BCUT2D eigenvalue weighted by atomic mass is 9.84. The lowest BCUT2D eigenvalue weighted by Gasteiger charge is -2.18. The summed E-state index contributed by atoms with van der Waals surface area (Å²) in [5.41, 5.74) is 9.38. The van der Waals surface area contributed by atoms with E-state index in [9.17, 15) is 0 Å². The molecule has 0 unspecified atom stereocenters. The SMILES string of the molecule is c1ccc2c(c1)sc1cc3oc4c5ccc(-c6ccc(-c7c8ccccc8c(-c8cccc9sc%10ccccc%10c89)c8ccccc78)cc6)cc5ccc4c3cc12. The Kier molecular flexibility index (Phi) is 6.54. The fraction of sp³-hybridized carbons (Fsp3) is 0. The maximum atomic E-state index is 6.63. The summed E-state index contributed by atoms with van der Waals surface area (Å²) in [7, 11) is 0. The highest BCUT2D eigenvalue weighted by Gasteiger charge is 2.20. The summed E-state index contributed by atoms with van der Waals surface area (Å²) >= 11 is 3.71. The Morgan fingerprint density at radius 2 is 0.895 bits per heavy atom. The average Bonchev–Trinajstić information content (AvgIpc) is 3.95. The number of hydrogen-bond acceptors (Lipinski definition) is 3. The highest BCUT2D eigenvalue weighted by Crippen LogP contribution is 2.48. The van der Waals surface area contributed by atoms with E-state index in [-0.39, 0.29) is 0 Å². The fourth-order valence-electron chi connectivity index (χ4n) is 9.50. The van der Waals surface area contributed by atoms with Gasteiger partial charge in [0.15, 0.2) is 0 Å². The van der Waals surface area contributed by atoms with Crippen molar-refractivity contribution in [3.63, 3.8) is 0 Å². The Morgan fingerprint density at radius 1 is 0.316 bits per heavy atom. The minimum atomic E-state index is 0.946. The van der Waals surface area contributed by atoms with Gasteiger partial charge in [-0.25, -0.2) is 0 Å². The lowest BCUT2D eigenvalue weighted by molar-refractivity contribution is 0.673. The van der Waals surface area contributed by atoms with E-state index in [0.29, 0.717) is 0 Å². The Balaban J connectivity index is 0.935. The van der Waals surface area contributed by atoms with Gasteiger partial charge >= 0.3 is 0 Å². The molecule has 0 atom stereocenters. The molecule has 0 aliphatic carbocycles. The van der Waals surface area contributed by atoms with Crippen molar-refractivity contribution < 1.29 is 4.42 Å². The first-order valence-corrected chi connectivity index (χ1v) is 21.0. The van der Waals surface area contributed by atoms with Crippen molar-refractivity contribution in [2.75, 3.05) is 0 Å². The summed E-state index contributed by atoms with van der Waals surface area (Å²) < 4.78 is 11.9. The van der Waals surface area contributed by atoms with Crippen LogP contribution in [-0.4, -0.2) is 0 Å². The molecule has 0 amide bonds. The smallest absolute Gasteiger partial charge is 0.143 e. The molecule has 0 fully saturated rings. The van der Waals surface area contributed by atoms with Gasteiger partial charge in [0.1, 0.15) is 11.2 Å². The summed E-state index contributed by atoms with van der Waals surface area (Å²) in [4.78, 5) is 0. The number of hydrogen-bond donors (Lipinski definition) is 0. The molecule has 1 nitrogen and oxygen atoms in total. The van der Waals surface area contributed by atoms with Crippen molar-refractivity contribution in [2.45, 2.75) is 0 Å². The van der Waals surface area contributed by atoms with E-state index < -0.39 is 0 Å². The van der Waals surface area contributed by atoms with Crippen LogP contribution in [0.4, 0.5) is 0 Å². The zero-order valence-electron chi connectivity index (χ0n) is 30.5. The molecule has 10 aromatic carbocycles. The molecule has 0 radical (unpaired) electrons. The van der Waals surface area contributed by atoms with E-state index >= 15 is 0 Å². The molecular weight excluding hydrogens is 729 g/mol. The van der Waals surface area contributed by atoms with Crippen molar-refractivity contribution in [3.8, 4) is 33.4 Å². The van der Waals surface area contributed by atoms with Crippen LogP contribution in [-0.2, 0) is 0 Å². The van der Waals surface area contributed by atoms with E-state index in [1.54, 1.807) is 0 Å². The Bertz CT molecular complexity index is 3750. The predicted molar refractivity (Wildman–Crippen MR) is 248 cm³/mol. The summed E-state index contributed by atoms with van der Waals surface area (Å²) in [6, 6.07) is 67.2. The third-order valence-corrected chi connectivity index (χ3v) is 14.3. The molecule has 0 saturated heterocycles. The van der Waals surface area contributed by atoms with Crippen molar-refractivity contribution >= 4 is 117 Å². The van der Waals surface area contributed by atoms with Gasteiger partial charge in [0, 0.05) is 56.5 Å². The Morgan fingerprint density at radius 3 is 1.65 bits per heavy atom. The molecule has 0 aliphatic rings. The van der Waals surface area contributed by atoms with Crippen molar-refractivity contribution in [1.82, 2.24) is 0 Å². The molecule has 0 N–H and O–H groups in total.